The summed E-state index contributed by atoms with van der Waals surface area (Å²) in [5.74, 6) is -5.01. The van der Waals surface area contributed by atoms with E-state index in [4.69, 9.17) is 10.6 Å². The van der Waals surface area contributed by atoms with E-state index >= 15 is 0 Å². The molecule has 9 aromatic rings. The lowest BCUT2D eigenvalue weighted by atomic mass is 10.2. The van der Waals surface area contributed by atoms with E-state index in [0.717, 1.165) is 0 Å². The van der Waals surface area contributed by atoms with Crippen LogP contribution < -0.4 is 53.6 Å². The number of nitrogens with two attached hydrogens (primary N) is 1. The molecule has 9 rings (SSSR count). The number of amides is 9. The molecule has 8 aromatic heterocycles. The van der Waals surface area contributed by atoms with Gasteiger partial charge in [-0.05, 0) is 60.5 Å². The molecule has 31 nitrogen and oxygen atoms in total. The Balaban J connectivity index is 0.691. The number of benzene rings is 1. The van der Waals surface area contributed by atoms with Crippen molar-refractivity contribution in [2.24, 2.45) is 67.3 Å². The third-order valence-electron chi connectivity index (χ3n) is 14.2. The number of anilines is 7. The van der Waals surface area contributed by atoms with Gasteiger partial charge in [0.2, 0.25) is 11.7 Å². The number of imidazole rings is 2. The molecular weight excluding hydrogens is 1190 g/mol. The predicted octanol–water partition coefficient (Wildman–Crippen LogP) is 4.09. The molecule has 0 radical (unpaired) electrons. The van der Waals surface area contributed by atoms with Crippen LogP contribution in [0, 0.1) is 5.82 Å². The van der Waals surface area contributed by atoms with Gasteiger partial charge in [0.05, 0.1) is 46.4 Å². The molecule has 0 fully saturated rings. The maximum Gasteiger partial charge on any atom is 0.291 e. The minimum absolute atomic E-state index is 0.00889. The second-order valence-electron chi connectivity index (χ2n) is 21.4. The summed E-state index contributed by atoms with van der Waals surface area (Å²) in [4.78, 5) is 133. The van der Waals surface area contributed by atoms with Crippen molar-refractivity contribution in [3.05, 3.63) is 174 Å². The molecule has 1 aromatic carbocycles. The number of nitrogens with zero attached hydrogens (tertiary/aromatic N) is 11. The number of halogens is 1. The highest BCUT2D eigenvalue weighted by Gasteiger charge is 2.25. The van der Waals surface area contributed by atoms with E-state index in [1.807, 2.05) is 0 Å². The van der Waals surface area contributed by atoms with Crippen LogP contribution in [0.15, 0.2) is 122 Å². The fraction of sp³-hybridized carbons (Fsp3) is 0.233. The lowest BCUT2D eigenvalue weighted by Gasteiger charge is -2.11. The Bertz CT molecular complexity index is 4350. The van der Waals surface area contributed by atoms with Gasteiger partial charge in [-0.3, -0.25) is 43.2 Å². The summed E-state index contributed by atoms with van der Waals surface area (Å²) in [6, 6.07) is 13.7. The van der Waals surface area contributed by atoms with Crippen LogP contribution in [0.4, 0.5) is 44.3 Å². The number of carbonyl (C=O) groups is 9. The van der Waals surface area contributed by atoms with Crippen molar-refractivity contribution in [1.29, 1.82) is 0 Å². The highest BCUT2D eigenvalue weighted by Crippen LogP contribution is 2.23. The van der Waals surface area contributed by atoms with Gasteiger partial charge in [0, 0.05) is 132 Å². The number of nitrogens with one attached hydrogen (secondary N) is 9. The van der Waals surface area contributed by atoms with Gasteiger partial charge in [0.1, 0.15) is 46.6 Å². The zero-order valence-electron chi connectivity index (χ0n) is 51.1. The third kappa shape index (κ3) is 15.6. The van der Waals surface area contributed by atoms with E-state index < -0.39 is 53.3 Å². The number of oxime groups is 1. The number of hydrogen-bond donors (Lipinski definition) is 10. The smallest absolute Gasteiger partial charge is 0.291 e. The molecular formula is C60H66FN21O10. The molecule has 9 amide bonds. The van der Waals surface area contributed by atoms with E-state index in [0.29, 0.717) is 40.4 Å². The van der Waals surface area contributed by atoms with Crippen molar-refractivity contribution in [1.82, 2.24) is 57.1 Å². The molecule has 0 saturated carbocycles. The molecule has 32 heteroatoms. The van der Waals surface area contributed by atoms with Crippen LogP contribution in [0.5, 0.6) is 0 Å². The fourth-order valence-electron chi connectivity index (χ4n) is 9.58. The Morgan fingerprint density at radius 3 is 1.32 bits per heavy atom. The topological polar surface area (TPSA) is 375 Å². The van der Waals surface area contributed by atoms with E-state index in [9.17, 15) is 47.5 Å². The van der Waals surface area contributed by atoms with E-state index in [1.165, 1.54) is 96.2 Å². The Kier molecular flexibility index (Phi) is 19.6. The molecule has 0 aliphatic carbocycles. The summed E-state index contributed by atoms with van der Waals surface area (Å²) in [5, 5.41) is 28.4. The maximum absolute atomic E-state index is 13.5. The highest BCUT2D eigenvalue weighted by molar-refractivity contribution is 6.10. The summed E-state index contributed by atoms with van der Waals surface area (Å²) >= 11 is 0. The molecule has 0 unspecified atom stereocenters. The van der Waals surface area contributed by atoms with Gasteiger partial charge >= 0.3 is 0 Å². The Morgan fingerprint density at radius 1 is 0.500 bits per heavy atom. The monoisotopic (exact) mass is 1260 g/mol. The molecule has 8 heterocycles. The molecule has 0 aliphatic rings. The van der Waals surface area contributed by atoms with E-state index in [2.05, 4.69) is 63.0 Å². The van der Waals surface area contributed by atoms with Crippen LogP contribution >= 0.6 is 0 Å². The molecule has 0 bridgehead atoms. The van der Waals surface area contributed by atoms with Crippen molar-refractivity contribution in [3.8, 4) is 0 Å². The van der Waals surface area contributed by atoms with E-state index in [1.54, 1.807) is 119 Å². The molecule has 0 spiro atoms. The van der Waals surface area contributed by atoms with Crippen molar-refractivity contribution in [2.75, 3.05) is 56.9 Å². The first-order valence-electron chi connectivity index (χ1n) is 28.3. The van der Waals surface area contributed by atoms with Gasteiger partial charge < -0.3 is 95.0 Å². The third-order valence-corrected chi connectivity index (χ3v) is 14.2. The zero-order chi connectivity index (χ0) is 66.1. The average molecular weight is 1260 g/mol. The van der Waals surface area contributed by atoms with Crippen LogP contribution in [-0.2, 0) is 66.0 Å². The Morgan fingerprint density at radius 2 is 0.902 bits per heavy atom. The van der Waals surface area contributed by atoms with Crippen molar-refractivity contribution >= 4 is 99.3 Å². The van der Waals surface area contributed by atoms with Gasteiger partial charge in [0.25, 0.3) is 47.3 Å². The quantitative estimate of drug-likeness (QED) is 0.0219. The minimum Gasteiger partial charge on any atom is -0.396 e. The fourth-order valence-corrected chi connectivity index (χ4v) is 9.58. The predicted molar refractivity (Wildman–Crippen MR) is 337 cm³/mol. The normalized spacial score (nSPS) is 11.5. The Hall–Kier alpha value is -12.1. The van der Waals surface area contributed by atoms with Crippen LogP contribution in [0.3, 0.4) is 0 Å². The first-order valence-corrected chi connectivity index (χ1v) is 28.3. The van der Waals surface area contributed by atoms with Crippen molar-refractivity contribution in [2.45, 2.75) is 18.9 Å². The first-order chi connectivity index (χ1) is 43.9. The first kappa shape index (κ1) is 64.4. The highest BCUT2D eigenvalue weighted by atomic mass is 19.1. The zero-order valence-corrected chi connectivity index (χ0v) is 51.1. The van der Waals surface area contributed by atoms with Gasteiger partial charge in [-0.15, -0.1) is 0 Å². The standard InChI is InChI=1S/C60H66FN21O10/c1-75-17-16-63-50(75)59(90)71-40-24-47(80(6)31-40)57(88)69-38-22-46(79(5)29-38)56(87)68-37-21-44(77(3)28-37)54(85)65-15-13-42(62)52(83)74-49-33-82(8)51(73-49)60(91)72-41-25-48(81(7)32-41)58(89)70-39-23-45(78(4)30-39)55(86)67-36-20-43(76(2)27-36)53(84)64-14-10-18-92-66-26-34-11-9-12-35(61)19-34/h9,11-12,16-17,19-33,42H,10,13-15,18,62H2,1-8H3,(H,64,84)(H,65,85)(H,67,86)(H,68,87)(H,69,88)(H,70,89)(H,71,90)(H,72,91)(H,74,83)/b66-26-/t42-/m1/s1. The maximum atomic E-state index is 13.5. The number of rotatable bonds is 25. The molecule has 0 saturated heterocycles. The number of carbonyl (C=O) groups excluding carboxylic acids is 9. The van der Waals surface area contributed by atoms with Crippen molar-refractivity contribution < 1.29 is 52.4 Å². The summed E-state index contributed by atoms with van der Waals surface area (Å²) in [6.07, 6.45) is 15.7. The molecule has 478 valence electrons. The van der Waals surface area contributed by atoms with Crippen LogP contribution in [0.2, 0.25) is 0 Å². The Labute approximate surface area is 523 Å². The van der Waals surface area contributed by atoms with Crippen LogP contribution in [0.1, 0.15) is 103 Å². The van der Waals surface area contributed by atoms with Crippen molar-refractivity contribution in [3.63, 3.8) is 0 Å². The van der Waals surface area contributed by atoms with Gasteiger partial charge in [-0.1, -0.05) is 17.3 Å². The largest absolute Gasteiger partial charge is 0.396 e. The molecule has 11 N–H and O–H groups in total. The molecule has 92 heavy (non-hydrogen) atoms. The van der Waals surface area contributed by atoms with Gasteiger partial charge in [-0.25, -0.2) is 14.4 Å². The number of aromatic nitrogens is 10. The second-order valence-corrected chi connectivity index (χ2v) is 21.4. The van der Waals surface area contributed by atoms with Crippen LogP contribution in [0.25, 0.3) is 0 Å². The lowest BCUT2D eigenvalue weighted by molar-refractivity contribution is -0.117. The van der Waals surface area contributed by atoms with E-state index in [-0.39, 0.29) is 95.2 Å². The molecule has 1 atom stereocenters. The SMILES string of the molecule is Cn1cc(NC(=O)c2cc(NC(=O)c3cc(NC(=O)c4nc(NC(=O)[C@H](N)CCNC(=O)c5cc(NC(=O)c6cc(NC(=O)c7cc(NC(=O)c8nccn8C)cn7C)cn6C)cn5C)cn4C)cn3C)cn2C)cc1C(=O)NCCCO/N=C\c1cccc(F)c1. The number of aryl methyl sites for hydroxylation is 8. The second kappa shape index (κ2) is 27.9. The molecule has 0 aliphatic heterocycles. The summed E-state index contributed by atoms with van der Waals surface area (Å²) in [6.45, 7) is 0.471. The van der Waals surface area contributed by atoms with Crippen LogP contribution in [-0.4, -0.2) is 132 Å². The van der Waals surface area contributed by atoms with Gasteiger partial charge in [-0.2, -0.15) is 0 Å². The number of hydrogen-bond acceptors (Lipinski definition) is 14. The minimum atomic E-state index is -1.11. The average Bonchev–Trinajstić information content (AvgIpc) is 1.83. The summed E-state index contributed by atoms with van der Waals surface area (Å²) in [5.41, 5.74) is 9.88. The lowest BCUT2D eigenvalue weighted by Crippen LogP contribution is -2.39. The summed E-state index contributed by atoms with van der Waals surface area (Å²) in [7, 11) is 13.0. The van der Waals surface area contributed by atoms with Gasteiger partial charge in [0.15, 0.2) is 11.6 Å². The summed E-state index contributed by atoms with van der Waals surface area (Å²) < 4.78 is 25.4.